The van der Waals surface area contributed by atoms with Crippen molar-refractivity contribution in [2.75, 3.05) is 18.6 Å². The Labute approximate surface area is 159 Å². The van der Waals surface area contributed by atoms with Crippen molar-refractivity contribution in [1.82, 2.24) is 24.6 Å². The number of benzene rings is 1. The molecule has 0 unspecified atom stereocenters. The summed E-state index contributed by atoms with van der Waals surface area (Å²) >= 11 is 1.56. The van der Waals surface area contributed by atoms with Gasteiger partial charge in [0.25, 0.3) is 5.56 Å². The van der Waals surface area contributed by atoms with Crippen LogP contribution in [0, 0.1) is 0 Å². The molecule has 27 heavy (non-hydrogen) atoms. The van der Waals surface area contributed by atoms with Crippen molar-refractivity contribution in [3.8, 4) is 0 Å². The van der Waals surface area contributed by atoms with Gasteiger partial charge in [0.2, 0.25) is 5.91 Å². The van der Waals surface area contributed by atoms with E-state index in [4.69, 9.17) is 0 Å². The van der Waals surface area contributed by atoms with Crippen molar-refractivity contribution < 1.29 is 4.79 Å². The van der Waals surface area contributed by atoms with Crippen molar-refractivity contribution in [3.05, 3.63) is 63.6 Å². The van der Waals surface area contributed by atoms with Gasteiger partial charge in [-0.25, -0.2) is 9.36 Å². The van der Waals surface area contributed by atoms with Crippen LogP contribution in [0.5, 0.6) is 0 Å². The predicted octanol–water partition coefficient (Wildman–Crippen LogP) is 0.997. The molecule has 0 bridgehead atoms. The first-order chi connectivity index (χ1) is 13.1. The number of hydrogen-bond acceptors (Lipinski definition) is 5. The summed E-state index contributed by atoms with van der Waals surface area (Å²) in [7, 11) is 0. The van der Waals surface area contributed by atoms with E-state index in [1.807, 2.05) is 6.26 Å². The topological polar surface area (TPSA) is 102 Å². The number of aromatic nitrogens is 4. The van der Waals surface area contributed by atoms with E-state index in [-0.39, 0.29) is 5.91 Å². The zero-order valence-corrected chi connectivity index (χ0v) is 15.7. The zero-order valence-electron chi connectivity index (χ0n) is 14.9. The van der Waals surface area contributed by atoms with Crippen LogP contribution in [-0.2, 0) is 11.3 Å². The van der Waals surface area contributed by atoms with E-state index < -0.39 is 17.3 Å². The summed E-state index contributed by atoms with van der Waals surface area (Å²) in [5, 5.41) is 7.27. The maximum atomic E-state index is 12.9. The smallest absolute Gasteiger partial charge is 0.329 e. The highest BCUT2D eigenvalue weighted by molar-refractivity contribution is 7.98. The Morgan fingerprint density at radius 2 is 2.11 bits per heavy atom. The molecule has 9 heteroatoms. The monoisotopic (exact) mass is 387 g/mol. The molecule has 0 aliphatic heterocycles. The van der Waals surface area contributed by atoms with Gasteiger partial charge in [0.1, 0.15) is 6.04 Å². The van der Waals surface area contributed by atoms with Gasteiger partial charge in [-0.2, -0.15) is 16.9 Å². The molecular weight excluding hydrogens is 366 g/mol. The number of rotatable bonds is 8. The maximum Gasteiger partial charge on any atom is 0.329 e. The van der Waals surface area contributed by atoms with Crippen LogP contribution in [0.15, 0.2) is 52.3 Å². The summed E-state index contributed by atoms with van der Waals surface area (Å²) < 4.78 is 2.73. The Kier molecular flexibility index (Phi) is 6.12. The van der Waals surface area contributed by atoms with E-state index in [1.54, 1.807) is 59.2 Å². The minimum atomic E-state index is -0.865. The molecule has 3 rings (SSSR count). The molecule has 1 atom stereocenters. The van der Waals surface area contributed by atoms with Crippen LogP contribution in [-0.4, -0.2) is 43.8 Å². The third kappa shape index (κ3) is 4.30. The first-order valence-corrected chi connectivity index (χ1v) is 9.99. The lowest BCUT2D eigenvalue weighted by atomic mass is 10.2. The summed E-state index contributed by atoms with van der Waals surface area (Å²) in [6.07, 6.45) is 5.77. The number of aromatic amines is 1. The molecule has 142 valence electrons. The number of carbonyl (C=O) groups excluding carboxylic acids is 1. The van der Waals surface area contributed by atoms with E-state index in [9.17, 15) is 14.4 Å². The quantitative estimate of drug-likeness (QED) is 0.600. The number of H-pyrrole nitrogens is 1. The average molecular weight is 387 g/mol. The van der Waals surface area contributed by atoms with Crippen LogP contribution in [0.2, 0.25) is 0 Å². The van der Waals surface area contributed by atoms with Crippen molar-refractivity contribution >= 4 is 28.6 Å². The highest BCUT2D eigenvalue weighted by Crippen LogP contribution is 2.13. The van der Waals surface area contributed by atoms with Gasteiger partial charge in [0, 0.05) is 18.9 Å². The van der Waals surface area contributed by atoms with Crippen molar-refractivity contribution in [1.29, 1.82) is 0 Å². The van der Waals surface area contributed by atoms with Crippen LogP contribution < -0.4 is 16.6 Å². The number of nitrogens with one attached hydrogen (secondary N) is 2. The second-order valence-electron chi connectivity index (χ2n) is 6.01. The molecule has 1 aromatic carbocycles. The maximum absolute atomic E-state index is 12.9. The van der Waals surface area contributed by atoms with Gasteiger partial charge >= 0.3 is 5.69 Å². The standard InChI is InChI=1S/C18H21N5O3S/c1-27-12-7-15(16(24)19-9-11-22-10-4-8-20-22)23-17(25)13-5-2-3-6-14(13)21-18(23)26/h2-6,8,10,15H,7,9,11-12H2,1H3,(H,19,24)(H,21,26)/t15-/m0/s1. The SMILES string of the molecule is CSCC[C@@H](C(=O)NCCn1cccn1)n1c(=O)[nH]c2ccccc2c1=O. The molecule has 0 spiro atoms. The molecule has 2 N–H and O–H groups in total. The Balaban J connectivity index is 1.87. The molecular formula is C18H21N5O3S. The zero-order chi connectivity index (χ0) is 19.2. The molecule has 0 saturated carbocycles. The molecule has 0 saturated heterocycles. The number of amides is 1. The number of para-hydroxylation sites is 1. The molecule has 2 heterocycles. The Morgan fingerprint density at radius 1 is 1.30 bits per heavy atom. The number of thioether (sulfide) groups is 1. The van der Waals surface area contributed by atoms with Gasteiger partial charge in [-0.05, 0) is 36.6 Å². The second-order valence-corrected chi connectivity index (χ2v) is 6.99. The number of carbonyl (C=O) groups is 1. The van der Waals surface area contributed by atoms with Gasteiger partial charge in [-0.1, -0.05) is 12.1 Å². The van der Waals surface area contributed by atoms with Crippen molar-refractivity contribution in [2.24, 2.45) is 0 Å². The molecule has 2 aromatic heterocycles. The fraction of sp³-hybridized carbons (Fsp3) is 0.333. The molecule has 0 aliphatic carbocycles. The van der Waals surface area contributed by atoms with Gasteiger partial charge in [-0.15, -0.1) is 0 Å². The van der Waals surface area contributed by atoms with Crippen LogP contribution in [0.3, 0.4) is 0 Å². The number of hydrogen-bond donors (Lipinski definition) is 2. The Morgan fingerprint density at radius 3 is 2.85 bits per heavy atom. The van der Waals surface area contributed by atoms with E-state index in [0.29, 0.717) is 36.2 Å². The van der Waals surface area contributed by atoms with Gasteiger partial charge in [0.15, 0.2) is 0 Å². The lowest BCUT2D eigenvalue weighted by Crippen LogP contribution is -2.45. The Hall–Kier alpha value is -2.81. The lowest BCUT2D eigenvalue weighted by Gasteiger charge is -2.18. The normalized spacial score (nSPS) is 12.2. The first-order valence-electron chi connectivity index (χ1n) is 8.59. The summed E-state index contributed by atoms with van der Waals surface area (Å²) in [6, 6.07) is 7.73. The summed E-state index contributed by atoms with van der Waals surface area (Å²) in [5.74, 6) is 0.301. The predicted molar refractivity (Wildman–Crippen MR) is 106 cm³/mol. The molecule has 0 fully saturated rings. The summed E-state index contributed by atoms with van der Waals surface area (Å²) in [4.78, 5) is 40.8. The van der Waals surface area contributed by atoms with E-state index in [2.05, 4.69) is 15.4 Å². The van der Waals surface area contributed by atoms with Gasteiger partial charge in [-0.3, -0.25) is 14.3 Å². The van der Waals surface area contributed by atoms with Crippen LogP contribution in [0.25, 0.3) is 10.9 Å². The Bertz CT molecular complexity index is 1030. The average Bonchev–Trinajstić information content (AvgIpc) is 3.17. The summed E-state index contributed by atoms with van der Waals surface area (Å²) in [6.45, 7) is 0.869. The summed E-state index contributed by atoms with van der Waals surface area (Å²) in [5.41, 5.74) is -0.568. The van der Waals surface area contributed by atoms with E-state index >= 15 is 0 Å². The van der Waals surface area contributed by atoms with Crippen molar-refractivity contribution in [2.45, 2.75) is 19.0 Å². The van der Waals surface area contributed by atoms with Crippen LogP contribution in [0.4, 0.5) is 0 Å². The largest absolute Gasteiger partial charge is 0.352 e. The third-order valence-electron chi connectivity index (χ3n) is 4.25. The van der Waals surface area contributed by atoms with Gasteiger partial charge < -0.3 is 10.3 Å². The van der Waals surface area contributed by atoms with Gasteiger partial charge in [0.05, 0.1) is 17.4 Å². The van der Waals surface area contributed by atoms with E-state index in [1.165, 1.54) is 0 Å². The fourth-order valence-corrected chi connectivity index (χ4v) is 3.37. The minimum absolute atomic E-state index is 0.348. The second kappa shape index (κ2) is 8.72. The molecule has 1 amide bonds. The van der Waals surface area contributed by atoms with Crippen LogP contribution in [0.1, 0.15) is 12.5 Å². The highest BCUT2D eigenvalue weighted by atomic mass is 32.2. The molecule has 3 aromatic rings. The molecule has 8 nitrogen and oxygen atoms in total. The van der Waals surface area contributed by atoms with E-state index in [0.717, 1.165) is 4.57 Å². The number of nitrogens with zero attached hydrogens (tertiary/aromatic N) is 3. The first kappa shape index (κ1) is 19.0. The number of fused-ring (bicyclic) bond motifs is 1. The highest BCUT2D eigenvalue weighted by Gasteiger charge is 2.24. The molecule has 0 radical (unpaired) electrons. The lowest BCUT2D eigenvalue weighted by molar-refractivity contribution is -0.124. The van der Waals surface area contributed by atoms with Crippen molar-refractivity contribution in [3.63, 3.8) is 0 Å². The fourth-order valence-electron chi connectivity index (χ4n) is 2.91. The third-order valence-corrected chi connectivity index (χ3v) is 4.89. The van der Waals surface area contributed by atoms with Crippen LogP contribution >= 0.6 is 11.8 Å². The minimum Gasteiger partial charge on any atom is -0.352 e. The molecule has 0 aliphatic rings.